The van der Waals surface area contributed by atoms with Gasteiger partial charge in [-0.1, -0.05) is 30.3 Å². The number of Topliss-reactive ketones (excluding diaryl/α,β-unsaturated/α-hetero) is 1. The van der Waals surface area contributed by atoms with Crippen LogP contribution in [0.15, 0.2) is 59.7 Å². The van der Waals surface area contributed by atoms with E-state index in [1.54, 1.807) is 17.1 Å². The van der Waals surface area contributed by atoms with E-state index < -0.39 is 6.04 Å². The molecule has 3 aromatic rings. The third-order valence-electron chi connectivity index (χ3n) is 5.05. The van der Waals surface area contributed by atoms with Gasteiger partial charge in [-0.2, -0.15) is 5.10 Å². The normalized spacial score (nSPS) is 15.6. The van der Waals surface area contributed by atoms with E-state index >= 15 is 0 Å². The fraction of sp³-hybridized carbons (Fsp3) is 0.217. The van der Waals surface area contributed by atoms with Crippen LogP contribution in [0.1, 0.15) is 29.5 Å². The smallest absolute Gasteiger partial charge is 0.273 e. The molecule has 1 amide bonds. The monoisotopic (exact) mass is 436 g/mol. The molecule has 158 valence electrons. The van der Waals surface area contributed by atoms with Gasteiger partial charge in [-0.3, -0.25) is 19.9 Å². The fourth-order valence-electron chi connectivity index (χ4n) is 3.39. The van der Waals surface area contributed by atoms with Crippen molar-refractivity contribution in [3.05, 3.63) is 76.5 Å². The second-order valence-corrected chi connectivity index (χ2v) is 8.43. The van der Waals surface area contributed by atoms with Crippen molar-refractivity contribution in [1.82, 2.24) is 4.98 Å². The lowest BCUT2D eigenvalue weighted by Gasteiger charge is -2.20. The molecule has 0 fully saturated rings. The Kier molecular flexibility index (Phi) is 5.90. The number of hydrazone groups is 1. The molecule has 0 aliphatic carbocycles. The minimum Gasteiger partial charge on any atom is -0.298 e. The van der Waals surface area contributed by atoms with Gasteiger partial charge in [0.15, 0.2) is 10.9 Å². The molecule has 1 atom stereocenters. The summed E-state index contributed by atoms with van der Waals surface area (Å²) in [6, 6.07) is 15.1. The van der Waals surface area contributed by atoms with E-state index in [1.165, 1.54) is 30.4 Å². The molecule has 1 aromatic heterocycles. The van der Waals surface area contributed by atoms with E-state index in [1.807, 2.05) is 37.3 Å². The van der Waals surface area contributed by atoms with E-state index in [-0.39, 0.29) is 29.6 Å². The van der Waals surface area contributed by atoms with Crippen LogP contribution in [0.3, 0.4) is 0 Å². The summed E-state index contributed by atoms with van der Waals surface area (Å²) in [4.78, 5) is 30.4. The predicted octanol–water partition coefficient (Wildman–Crippen LogP) is 4.34. The number of hydrogen-bond donors (Lipinski definition) is 1. The van der Waals surface area contributed by atoms with Crippen molar-refractivity contribution in [3.63, 3.8) is 0 Å². The maximum Gasteiger partial charge on any atom is 0.273 e. The van der Waals surface area contributed by atoms with E-state index in [2.05, 4.69) is 15.4 Å². The Balaban J connectivity index is 1.49. The number of carbonyl (C=O) groups is 2. The van der Waals surface area contributed by atoms with Crippen LogP contribution >= 0.6 is 11.3 Å². The molecule has 0 spiro atoms. The van der Waals surface area contributed by atoms with Crippen molar-refractivity contribution in [2.45, 2.75) is 32.7 Å². The van der Waals surface area contributed by atoms with Crippen molar-refractivity contribution in [2.24, 2.45) is 5.10 Å². The summed E-state index contributed by atoms with van der Waals surface area (Å²) in [5.74, 6) is -0.697. The number of aryl methyl sites for hydroxylation is 1. The molecule has 0 radical (unpaired) electrons. The molecule has 31 heavy (non-hydrogen) atoms. The number of carbonyl (C=O) groups excluding carboxylic acids is 2. The lowest BCUT2D eigenvalue weighted by molar-refractivity contribution is -0.118. The van der Waals surface area contributed by atoms with Crippen molar-refractivity contribution in [2.75, 3.05) is 10.3 Å². The molecular weight excluding hydrogens is 415 g/mol. The Hall–Kier alpha value is -3.39. The van der Waals surface area contributed by atoms with Gasteiger partial charge >= 0.3 is 0 Å². The largest absolute Gasteiger partial charge is 0.298 e. The molecule has 0 saturated carbocycles. The quantitative estimate of drug-likeness (QED) is 0.624. The first-order valence-corrected chi connectivity index (χ1v) is 10.7. The minimum atomic E-state index is -0.504. The first-order chi connectivity index (χ1) is 14.9. The van der Waals surface area contributed by atoms with Gasteiger partial charge < -0.3 is 0 Å². The standard InChI is InChI=1S/C23H21FN4O2S/c1-14-21(12-16-8-10-17(24)11-9-16)31-23(25-14)26-22(30)19-13-20(15(2)29)28(27-19)18-6-4-3-5-7-18/h3-11,20H,12-13H2,1-2H3,(H,25,26,30). The molecule has 0 saturated heterocycles. The molecular formula is C23H21FN4O2S. The van der Waals surface area contributed by atoms with Crippen LogP contribution in [0, 0.1) is 12.7 Å². The van der Waals surface area contributed by atoms with Crippen LogP contribution in [0.25, 0.3) is 0 Å². The second kappa shape index (κ2) is 8.77. The van der Waals surface area contributed by atoms with Gasteiger partial charge in [-0.15, -0.1) is 11.3 Å². The van der Waals surface area contributed by atoms with Gasteiger partial charge in [-0.25, -0.2) is 9.37 Å². The SMILES string of the molecule is CC(=O)C1CC(C(=O)Nc2nc(C)c(Cc3ccc(F)cc3)s2)=NN1c1ccccc1. The lowest BCUT2D eigenvalue weighted by atomic mass is 10.1. The first-order valence-electron chi connectivity index (χ1n) is 9.85. The molecule has 1 aliphatic heterocycles. The van der Waals surface area contributed by atoms with Gasteiger partial charge in [-0.05, 0) is 43.7 Å². The van der Waals surface area contributed by atoms with Crippen molar-refractivity contribution >= 4 is 39.6 Å². The molecule has 0 bridgehead atoms. The average Bonchev–Trinajstić information content (AvgIpc) is 3.35. The second-order valence-electron chi connectivity index (χ2n) is 7.34. The van der Waals surface area contributed by atoms with Gasteiger partial charge in [0.25, 0.3) is 5.91 Å². The Morgan fingerprint density at radius 3 is 2.55 bits per heavy atom. The maximum atomic E-state index is 13.1. The van der Waals surface area contributed by atoms with Crippen molar-refractivity contribution < 1.29 is 14.0 Å². The number of ketones is 1. The highest BCUT2D eigenvalue weighted by Crippen LogP contribution is 2.28. The van der Waals surface area contributed by atoms with Crippen LogP contribution < -0.4 is 10.3 Å². The summed E-state index contributed by atoms with van der Waals surface area (Å²) in [7, 11) is 0. The summed E-state index contributed by atoms with van der Waals surface area (Å²) < 4.78 is 13.1. The van der Waals surface area contributed by atoms with Crippen molar-refractivity contribution in [1.29, 1.82) is 0 Å². The van der Waals surface area contributed by atoms with E-state index in [0.717, 1.165) is 21.8 Å². The van der Waals surface area contributed by atoms with E-state index in [9.17, 15) is 14.0 Å². The molecule has 8 heteroatoms. The number of benzene rings is 2. The first kappa shape index (κ1) is 20.9. The number of nitrogens with one attached hydrogen (secondary N) is 1. The summed E-state index contributed by atoms with van der Waals surface area (Å²) >= 11 is 1.38. The van der Waals surface area contributed by atoms with Gasteiger partial charge in [0, 0.05) is 17.7 Å². The number of rotatable bonds is 6. The fourth-order valence-corrected chi connectivity index (χ4v) is 4.38. The minimum absolute atomic E-state index is 0.0536. The van der Waals surface area contributed by atoms with Crippen LogP contribution in [0.5, 0.6) is 0 Å². The van der Waals surface area contributed by atoms with Crippen LogP contribution in [0.2, 0.25) is 0 Å². The molecule has 2 heterocycles. The number of halogens is 1. The van der Waals surface area contributed by atoms with Crippen LogP contribution in [-0.4, -0.2) is 28.4 Å². The summed E-state index contributed by atoms with van der Waals surface area (Å²) in [6.07, 6.45) is 0.845. The Morgan fingerprint density at radius 1 is 1.16 bits per heavy atom. The van der Waals surface area contributed by atoms with Crippen molar-refractivity contribution in [3.8, 4) is 0 Å². The zero-order valence-electron chi connectivity index (χ0n) is 17.1. The maximum absolute atomic E-state index is 13.1. The number of hydrogen-bond acceptors (Lipinski definition) is 6. The predicted molar refractivity (Wildman–Crippen MR) is 120 cm³/mol. The molecule has 4 rings (SSSR count). The van der Waals surface area contributed by atoms with Gasteiger partial charge in [0.1, 0.15) is 17.6 Å². The molecule has 2 aromatic carbocycles. The zero-order chi connectivity index (χ0) is 22.0. The molecule has 1 N–H and O–H groups in total. The number of thiazole rings is 1. The topological polar surface area (TPSA) is 74.7 Å². The Bertz CT molecular complexity index is 1140. The van der Waals surface area contributed by atoms with Gasteiger partial charge in [0.05, 0.1) is 11.4 Å². The number of para-hydroxylation sites is 1. The number of anilines is 2. The number of nitrogens with zero attached hydrogens (tertiary/aromatic N) is 3. The third-order valence-corrected chi connectivity index (χ3v) is 6.13. The highest BCUT2D eigenvalue weighted by atomic mass is 32.1. The third kappa shape index (κ3) is 4.69. The summed E-state index contributed by atoms with van der Waals surface area (Å²) in [5.41, 5.74) is 2.83. The number of amides is 1. The van der Waals surface area contributed by atoms with Gasteiger partial charge in [0.2, 0.25) is 0 Å². The van der Waals surface area contributed by atoms with Crippen LogP contribution in [0.4, 0.5) is 15.2 Å². The van der Waals surface area contributed by atoms with Crippen LogP contribution in [-0.2, 0) is 16.0 Å². The summed E-state index contributed by atoms with van der Waals surface area (Å²) in [6.45, 7) is 3.38. The lowest BCUT2D eigenvalue weighted by Crippen LogP contribution is -2.33. The highest BCUT2D eigenvalue weighted by Gasteiger charge is 2.34. The van der Waals surface area contributed by atoms with E-state index in [4.69, 9.17) is 0 Å². The Labute approximate surface area is 183 Å². The zero-order valence-corrected chi connectivity index (χ0v) is 17.9. The highest BCUT2D eigenvalue weighted by molar-refractivity contribution is 7.16. The van der Waals surface area contributed by atoms with E-state index in [0.29, 0.717) is 11.6 Å². The molecule has 6 nitrogen and oxygen atoms in total. The Morgan fingerprint density at radius 2 is 1.87 bits per heavy atom. The molecule has 1 unspecified atom stereocenters. The average molecular weight is 437 g/mol. The number of aromatic nitrogens is 1. The molecule has 1 aliphatic rings. The summed E-state index contributed by atoms with van der Waals surface area (Å²) in [5, 5.41) is 9.31.